The van der Waals surface area contributed by atoms with Crippen molar-refractivity contribution in [2.45, 2.75) is 40.2 Å². The van der Waals surface area contributed by atoms with Crippen LogP contribution in [-0.2, 0) is 11.3 Å². The van der Waals surface area contributed by atoms with Crippen molar-refractivity contribution >= 4 is 22.8 Å². The first-order chi connectivity index (χ1) is 13.5. The molecule has 146 valence electrons. The van der Waals surface area contributed by atoms with Crippen LogP contribution in [0, 0.1) is 26.7 Å². The Labute approximate surface area is 164 Å². The van der Waals surface area contributed by atoms with Crippen molar-refractivity contribution in [2.24, 2.45) is 5.92 Å². The molecule has 1 aliphatic rings. The minimum Gasteiger partial charge on any atom is -0.443 e. The molecule has 0 spiro atoms. The van der Waals surface area contributed by atoms with E-state index < -0.39 is 0 Å². The fourth-order valence-electron chi connectivity index (χ4n) is 3.77. The third-order valence-corrected chi connectivity index (χ3v) is 5.38. The van der Waals surface area contributed by atoms with Crippen molar-refractivity contribution < 1.29 is 9.21 Å². The molecule has 1 atom stereocenters. The van der Waals surface area contributed by atoms with Crippen LogP contribution in [0.5, 0.6) is 0 Å². The first kappa shape index (κ1) is 18.4. The van der Waals surface area contributed by atoms with Gasteiger partial charge in [-0.15, -0.1) is 0 Å². The quantitative estimate of drug-likeness (QED) is 0.750. The van der Waals surface area contributed by atoms with E-state index in [0.29, 0.717) is 24.6 Å². The molecular weight excluding hydrogens is 354 g/mol. The summed E-state index contributed by atoms with van der Waals surface area (Å²) in [6, 6.07) is 5.71. The van der Waals surface area contributed by atoms with Crippen LogP contribution in [0.2, 0.25) is 0 Å². The Morgan fingerprint density at radius 2 is 2.14 bits per heavy atom. The largest absolute Gasteiger partial charge is 0.443 e. The summed E-state index contributed by atoms with van der Waals surface area (Å²) in [4.78, 5) is 28.3. The maximum atomic E-state index is 12.7. The number of pyridine rings is 1. The summed E-state index contributed by atoms with van der Waals surface area (Å²) in [5, 5.41) is 3.98. The lowest BCUT2D eigenvalue weighted by Gasteiger charge is -2.33. The van der Waals surface area contributed by atoms with Crippen LogP contribution in [0.15, 0.2) is 28.8 Å². The van der Waals surface area contributed by atoms with Gasteiger partial charge in [0.05, 0.1) is 23.5 Å². The lowest BCUT2D eigenvalue weighted by molar-refractivity contribution is -0.125. The molecule has 4 rings (SSSR count). The average molecular weight is 379 g/mol. The van der Waals surface area contributed by atoms with E-state index in [1.165, 1.54) is 0 Å². The number of anilines is 1. The number of fused-ring (bicyclic) bond motifs is 1. The molecule has 3 aromatic heterocycles. The number of aromatic nitrogens is 3. The van der Waals surface area contributed by atoms with Gasteiger partial charge in [-0.3, -0.25) is 9.78 Å². The van der Waals surface area contributed by atoms with Gasteiger partial charge in [-0.1, -0.05) is 6.07 Å². The number of nitrogens with zero attached hydrogens (tertiary/aromatic N) is 4. The number of carbonyl (C=O) groups excluding carboxylic acids is 1. The first-order valence-electron chi connectivity index (χ1n) is 9.70. The summed E-state index contributed by atoms with van der Waals surface area (Å²) >= 11 is 0. The van der Waals surface area contributed by atoms with E-state index in [1.54, 1.807) is 6.20 Å². The SMILES string of the molecule is Cc1nc(N2CCC[C@H](C(=O)NCc3ccccn3)C2)c2c(C)c(C)oc2n1. The molecule has 0 bridgehead atoms. The minimum absolute atomic E-state index is 0.0671. The predicted molar refractivity (Wildman–Crippen MR) is 107 cm³/mol. The number of aryl methyl sites for hydroxylation is 3. The molecule has 1 amide bonds. The van der Waals surface area contributed by atoms with E-state index >= 15 is 0 Å². The smallest absolute Gasteiger partial charge is 0.231 e. The van der Waals surface area contributed by atoms with Crippen molar-refractivity contribution in [2.75, 3.05) is 18.0 Å². The molecule has 4 heterocycles. The molecule has 7 nitrogen and oxygen atoms in total. The van der Waals surface area contributed by atoms with Gasteiger partial charge in [-0.25, -0.2) is 4.98 Å². The Balaban J connectivity index is 1.52. The highest BCUT2D eigenvalue weighted by Crippen LogP contribution is 2.33. The molecule has 0 aromatic carbocycles. The third kappa shape index (κ3) is 3.56. The Morgan fingerprint density at radius 1 is 1.29 bits per heavy atom. The molecule has 1 saturated heterocycles. The van der Waals surface area contributed by atoms with Crippen molar-refractivity contribution in [1.82, 2.24) is 20.3 Å². The second-order valence-corrected chi connectivity index (χ2v) is 7.38. The summed E-state index contributed by atoms with van der Waals surface area (Å²) in [5.41, 5.74) is 2.55. The van der Waals surface area contributed by atoms with Crippen molar-refractivity contribution in [3.63, 3.8) is 0 Å². The van der Waals surface area contributed by atoms with E-state index in [-0.39, 0.29) is 11.8 Å². The van der Waals surface area contributed by atoms with Crippen LogP contribution >= 0.6 is 0 Å². The molecule has 7 heteroatoms. The van der Waals surface area contributed by atoms with Gasteiger partial charge in [0.1, 0.15) is 17.4 Å². The van der Waals surface area contributed by atoms with Crippen LogP contribution in [0.3, 0.4) is 0 Å². The van der Waals surface area contributed by atoms with E-state index in [1.807, 2.05) is 39.0 Å². The average Bonchev–Trinajstić information content (AvgIpc) is 3.00. The van der Waals surface area contributed by atoms with Crippen LogP contribution in [0.4, 0.5) is 5.82 Å². The zero-order valence-corrected chi connectivity index (χ0v) is 16.5. The standard InChI is InChI=1S/C21H25N5O2/c1-13-14(2)28-21-18(13)19(24-15(3)25-21)26-10-6-7-16(12-26)20(27)23-11-17-8-4-5-9-22-17/h4-5,8-9,16H,6-7,10-12H2,1-3H3,(H,23,27)/t16-/m0/s1. The van der Waals surface area contributed by atoms with Gasteiger partial charge in [0.15, 0.2) is 0 Å². The summed E-state index contributed by atoms with van der Waals surface area (Å²) in [6.45, 7) is 7.82. The molecule has 0 saturated carbocycles. The van der Waals surface area contributed by atoms with Crippen molar-refractivity contribution in [3.05, 3.63) is 47.2 Å². The monoisotopic (exact) mass is 379 g/mol. The molecule has 0 unspecified atom stereocenters. The fraction of sp³-hybridized carbons (Fsp3) is 0.429. The summed E-state index contributed by atoms with van der Waals surface area (Å²) in [5.74, 6) is 2.41. The van der Waals surface area contributed by atoms with Crippen molar-refractivity contribution in [3.8, 4) is 0 Å². The normalized spacial score (nSPS) is 17.1. The molecular formula is C21H25N5O2. The van der Waals surface area contributed by atoms with Gasteiger partial charge in [0.2, 0.25) is 11.6 Å². The number of hydrogen-bond acceptors (Lipinski definition) is 6. The summed E-state index contributed by atoms with van der Waals surface area (Å²) in [6.07, 6.45) is 3.56. The van der Waals surface area contributed by atoms with Gasteiger partial charge >= 0.3 is 0 Å². The Morgan fingerprint density at radius 3 is 2.93 bits per heavy atom. The fourth-order valence-corrected chi connectivity index (χ4v) is 3.77. The minimum atomic E-state index is -0.0731. The molecule has 1 N–H and O–H groups in total. The van der Waals surface area contributed by atoms with Gasteiger partial charge in [0.25, 0.3) is 0 Å². The Kier molecular flexibility index (Phi) is 4.98. The number of hydrogen-bond donors (Lipinski definition) is 1. The highest BCUT2D eigenvalue weighted by atomic mass is 16.3. The number of carbonyl (C=O) groups is 1. The van der Waals surface area contributed by atoms with E-state index in [0.717, 1.165) is 47.6 Å². The highest BCUT2D eigenvalue weighted by Gasteiger charge is 2.29. The van der Waals surface area contributed by atoms with E-state index in [2.05, 4.69) is 20.2 Å². The highest BCUT2D eigenvalue weighted by molar-refractivity contribution is 5.90. The zero-order chi connectivity index (χ0) is 19.7. The predicted octanol–water partition coefficient (Wildman–Crippen LogP) is 3.08. The Bertz CT molecular complexity index is 999. The Hall–Kier alpha value is -2.96. The number of furan rings is 1. The van der Waals surface area contributed by atoms with Crippen LogP contribution in [0.25, 0.3) is 11.1 Å². The lowest BCUT2D eigenvalue weighted by atomic mass is 9.96. The van der Waals surface area contributed by atoms with Crippen molar-refractivity contribution in [1.29, 1.82) is 0 Å². The third-order valence-electron chi connectivity index (χ3n) is 5.38. The second-order valence-electron chi connectivity index (χ2n) is 7.38. The first-order valence-corrected chi connectivity index (χ1v) is 9.70. The maximum Gasteiger partial charge on any atom is 0.231 e. The number of rotatable bonds is 4. The maximum absolute atomic E-state index is 12.7. The molecule has 1 fully saturated rings. The second kappa shape index (κ2) is 7.58. The zero-order valence-electron chi connectivity index (χ0n) is 16.5. The van der Waals surface area contributed by atoms with Gasteiger partial charge < -0.3 is 14.6 Å². The molecule has 1 aliphatic heterocycles. The molecule has 0 radical (unpaired) electrons. The van der Waals surface area contributed by atoms with Crippen LogP contribution < -0.4 is 10.2 Å². The summed E-state index contributed by atoms with van der Waals surface area (Å²) in [7, 11) is 0. The summed E-state index contributed by atoms with van der Waals surface area (Å²) < 4.78 is 5.81. The molecule has 0 aliphatic carbocycles. The molecule has 3 aromatic rings. The van der Waals surface area contributed by atoms with Gasteiger partial charge in [-0.2, -0.15) is 4.98 Å². The van der Waals surface area contributed by atoms with Crippen LogP contribution in [-0.4, -0.2) is 33.9 Å². The van der Waals surface area contributed by atoms with Gasteiger partial charge in [-0.05, 0) is 45.7 Å². The number of piperidine rings is 1. The topological polar surface area (TPSA) is 84.2 Å². The number of nitrogens with one attached hydrogen (secondary N) is 1. The van der Waals surface area contributed by atoms with Gasteiger partial charge in [0, 0.05) is 24.8 Å². The number of amides is 1. The van der Waals surface area contributed by atoms with Crippen LogP contribution in [0.1, 0.15) is 35.7 Å². The van der Waals surface area contributed by atoms with E-state index in [9.17, 15) is 4.79 Å². The molecule has 28 heavy (non-hydrogen) atoms. The lowest BCUT2D eigenvalue weighted by Crippen LogP contribution is -2.43. The van der Waals surface area contributed by atoms with E-state index in [4.69, 9.17) is 9.40 Å².